The molecular weight excluding hydrogens is 240 g/mol. The summed E-state index contributed by atoms with van der Waals surface area (Å²) in [4.78, 5) is 28.7. The first-order valence-corrected chi connectivity index (χ1v) is 7.65. The van der Waals surface area contributed by atoms with Crippen molar-refractivity contribution in [2.45, 2.75) is 71.5 Å². The molecule has 3 unspecified atom stereocenters. The van der Waals surface area contributed by atoms with E-state index in [4.69, 9.17) is 0 Å². The Morgan fingerprint density at radius 1 is 1.21 bits per heavy atom. The smallest absolute Gasteiger partial charge is 0.246 e. The Morgan fingerprint density at radius 3 is 2.42 bits per heavy atom. The lowest BCUT2D eigenvalue weighted by atomic mass is 9.91. The van der Waals surface area contributed by atoms with E-state index in [1.165, 1.54) is 0 Å². The minimum Gasteiger partial charge on any atom is -0.329 e. The Morgan fingerprint density at radius 2 is 1.84 bits per heavy atom. The molecule has 19 heavy (non-hydrogen) atoms. The van der Waals surface area contributed by atoms with Gasteiger partial charge in [-0.2, -0.15) is 0 Å². The van der Waals surface area contributed by atoms with Gasteiger partial charge in [0.15, 0.2) is 0 Å². The van der Waals surface area contributed by atoms with Crippen molar-refractivity contribution in [3.8, 4) is 0 Å². The summed E-state index contributed by atoms with van der Waals surface area (Å²) < 4.78 is 0. The number of carbonyl (C=O) groups excluding carboxylic acids is 2. The number of nitrogens with zero attached hydrogens (tertiary/aromatic N) is 2. The van der Waals surface area contributed by atoms with Crippen molar-refractivity contribution < 1.29 is 9.59 Å². The molecule has 2 rings (SSSR count). The zero-order valence-electron chi connectivity index (χ0n) is 12.6. The second-order valence-electron chi connectivity index (χ2n) is 5.93. The molecule has 0 aromatic rings. The van der Waals surface area contributed by atoms with E-state index in [9.17, 15) is 9.59 Å². The number of fused-ring (bicyclic) bond motifs is 1. The number of rotatable bonds is 4. The van der Waals surface area contributed by atoms with E-state index in [0.717, 1.165) is 32.2 Å². The second kappa shape index (κ2) is 5.51. The Labute approximate surface area is 116 Å². The van der Waals surface area contributed by atoms with Crippen molar-refractivity contribution in [1.82, 2.24) is 9.80 Å². The van der Waals surface area contributed by atoms with E-state index in [0.29, 0.717) is 5.92 Å². The summed E-state index contributed by atoms with van der Waals surface area (Å²) in [6.07, 6.45) is 3.90. The standard InChI is InChI=1S/C15H26N2O2/c1-5-12(6-2)10(3)17-11(4)14(18)16-9-7-8-13(16)15(17)19/h10-13H,5-9H2,1-4H3. The fourth-order valence-corrected chi connectivity index (χ4v) is 3.76. The normalized spacial score (nSPS) is 29.1. The molecule has 0 saturated carbocycles. The van der Waals surface area contributed by atoms with Crippen LogP contribution in [0.2, 0.25) is 0 Å². The van der Waals surface area contributed by atoms with Crippen LogP contribution in [0.4, 0.5) is 0 Å². The van der Waals surface area contributed by atoms with Crippen LogP contribution in [-0.4, -0.2) is 46.3 Å². The number of hydrogen-bond donors (Lipinski definition) is 0. The lowest BCUT2D eigenvalue weighted by Gasteiger charge is -2.45. The quantitative estimate of drug-likeness (QED) is 0.781. The lowest BCUT2D eigenvalue weighted by molar-refractivity contribution is -0.162. The first-order chi connectivity index (χ1) is 9.02. The van der Waals surface area contributed by atoms with E-state index in [2.05, 4.69) is 20.8 Å². The van der Waals surface area contributed by atoms with Gasteiger partial charge in [-0.05, 0) is 32.6 Å². The van der Waals surface area contributed by atoms with Crippen LogP contribution in [0, 0.1) is 5.92 Å². The molecule has 2 aliphatic rings. The number of hydrogen-bond acceptors (Lipinski definition) is 2. The van der Waals surface area contributed by atoms with Crippen LogP contribution in [0.15, 0.2) is 0 Å². The van der Waals surface area contributed by atoms with Crippen molar-refractivity contribution in [3.63, 3.8) is 0 Å². The molecule has 0 aromatic heterocycles. The van der Waals surface area contributed by atoms with Gasteiger partial charge in [0, 0.05) is 12.6 Å². The first kappa shape index (κ1) is 14.4. The molecule has 0 bridgehead atoms. The zero-order chi connectivity index (χ0) is 14.2. The fraction of sp³-hybridized carbons (Fsp3) is 0.867. The Balaban J connectivity index is 2.23. The number of carbonyl (C=O) groups is 2. The molecule has 2 heterocycles. The van der Waals surface area contributed by atoms with E-state index >= 15 is 0 Å². The SMILES string of the molecule is CCC(CC)C(C)N1C(=O)C2CCCN2C(=O)C1C. The third kappa shape index (κ3) is 2.26. The van der Waals surface area contributed by atoms with Crippen molar-refractivity contribution in [2.75, 3.05) is 6.54 Å². The van der Waals surface area contributed by atoms with E-state index < -0.39 is 0 Å². The Hall–Kier alpha value is -1.06. The van der Waals surface area contributed by atoms with Crippen LogP contribution in [0.25, 0.3) is 0 Å². The topological polar surface area (TPSA) is 40.6 Å². The second-order valence-corrected chi connectivity index (χ2v) is 5.93. The fourth-order valence-electron chi connectivity index (χ4n) is 3.76. The maximum atomic E-state index is 12.7. The highest BCUT2D eigenvalue weighted by Crippen LogP contribution is 2.31. The van der Waals surface area contributed by atoms with E-state index in [1.807, 2.05) is 11.8 Å². The van der Waals surface area contributed by atoms with Crippen LogP contribution in [0.3, 0.4) is 0 Å². The average molecular weight is 266 g/mol. The Bertz CT molecular complexity index is 365. The third-order valence-electron chi connectivity index (χ3n) is 5.02. The molecule has 2 aliphatic heterocycles. The van der Waals surface area contributed by atoms with Crippen molar-refractivity contribution in [3.05, 3.63) is 0 Å². The minimum absolute atomic E-state index is 0.139. The molecule has 2 saturated heterocycles. The maximum absolute atomic E-state index is 12.7. The maximum Gasteiger partial charge on any atom is 0.246 e. The van der Waals surface area contributed by atoms with Crippen molar-refractivity contribution >= 4 is 11.8 Å². The molecule has 108 valence electrons. The predicted molar refractivity (Wildman–Crippen MR) is 74.6 cm³/mol. The van der Waals surface area contributed by atoms with Gasteiger partial charge < -0.3 is 9.80 Å². The number of amides is 2. The molecule has 3 atom stereocenters. The Kier molecular flexibility index (Phi) is 4.16. The summed E-state index contributed by atoms with van der Waals surface area (Å²) in [7, 11) is 0. The van der Waals surface area contributed by atoms with Crippen LogP contribution in [-0.2, 0) is 9.59 Å². The molecule has 0 aromatic carbocycles. The summed E-state index contributed by atoms with van der Waals surface area (Å²) in [6.45, 7) is 9.06. The highest BCUT2D eigenvalue weighted by Gasteiger charge is 2.47. The summed E-state index contributed by atoms with van der Waals surface area (Å²) in [6, 6.07) is -0.317. The molecule has 2 fully saturated rings. The summed E-state index contributed by atoms with van der Waals surface area (Å²) in [5.74, 6) is 0.788. The van der Waals surface area contributed by atoms with Crippen molar-refractivity contribution in [2.24, 2.45) is 5.92 Å². The average Bonchev–Trinajstić information content (AvgIpc) is 2.87. The molecular formula is C15H26N2O2. The van der Waals surface area contributed by atoms with Gasteiger partial charge in [-0.1, -0.05) is 26.7 Å². The molecule has 4 nitrogen and oxygen atoms in total. The van der Waals surface area contributed by atoms with Crippen LogP contribution in [0.1, 0.15) is 53.4 Å². The van der Waals surface area contributed by atoms with Crippen molar-refractivity contribution in [1.29, 1.82) is 0 Å². The number of piperazine rings is 1. The van der Waals surface area contributed by atoms with E-state index in [-0.39, 0.29) is 29.9 Å². The largest absolute Gasteiger partial charge is 0.329 e. The van der Waals surface area contributed by atoms with Crippen LogP contribution in [0.5, 0.6) is 0 Å². The monoisotopic (exact) mass is 266 g/mol. The molecule has 0 spiro atoms. The molecule has 0 radical (unpaired) electrons. The van der Waals surface area contributed by atoms with E-state index in [1.54, 1.807) is 4.90 Å². The van der Waals surface area contributed by atoms with Gasteiger partial charge in [0.2, 0.25) is 11.8 Å². The highest BCUT2D eigenvalue weighted by molar-refractivity contribution is 5.97. The van der Waals surface area contributed by atoms with Gasteiger partial charge >= 0.3 is 0 Å². The predicted octanol–water partition coefficient (Wildman–Crippen LogP) is 2.03. The first-order valence-electron chi connectivity index (χ1n) is 7.65. The van der Waals surface area contributed by atoms with Gasteiger partial charge in [-0.15, -0.1) is 0 Å². The van der Waals surface area contributed by atoms with Gasteiger partial charge in [0.1, 0.15) is 12.1 Å². The summed E-state index contributed by atoms with van der Waals surface area (Å²) in [5.41, 5.74) is 0. The third-order valence-corrected chi connectivity index (χ3v) is 5.02. The van der Waals surface area contributed by atoms with Gasteiger partial charge in [-0.3, -0.25) is 9.59 Å². The van der Waals surface area contributed by atoms with Gasteiger partial charge in [0.25, 0.3) is 0 Å². The molecule has 4 heteroatoms. The van der Waals surface area contributed by atoms with Crippen LogP contribution < -0.4 is 0 Å². The van der Waals surface area contributed by atoms with Crippen LogP contribution >= 0.6 is 0 Å². The molecule has 0 aliphatic carbocycles. The summed E-state index contributed by atoms with van der Waals surface area (Å²) in [5, 5.41) is 0. The minimum atomic E-state index is -0.294. The van der Waals surface area contributed by atoms with Gasteiger partial charge in [0.05, 0.1) is 0 Å². The van der Waals surface area contributed by atoms with Gasteiger partial charge in [-0.25, -0.2) is 0 Å². The zero-order valence-corrected chi connectivity index (χ0v) is 12.6. The molecule has 2 amide bonds. The molecule has 0 N–H and O–H groups in total. The lowest BCUT2D eigenvalue weighted by Crippen LogP contribution is -2.64. The summed E-state index contributed by atoms with van der Waals surface area (Å²) >= 11 is 0. The highest BCUT2D eigenvalue weighted by atomic mass is 16.2.